The average molecular weight is 504 g/mol. The third kappa shape index (κ3) is 6.88. The molecular weight excluding hydrogens is 470 g/mol. The molecule has 0 aliphatic carbocycles. The van der Waals surface area contributed by atoms with Gasteiger partial charge >= 0.3 is 0 Å². The van der Waals surface area contributed by atoms with Gasteiger partial charge in [-0.3, -0.25) is 13.9 Å². The number of carbonyl (C=O) groups is 2. The summed E-state index contributed by atoms with van der Waals surface area (Å²) in [6.07, 6.45) is 2.20. The second-order valence-electron chi connectivity index (χ2n) is 8.32. The SMILES string of the molecule is CCCNC(=O)[C@H](CC)N(Cc1ccccc1)C(=O)CN(c1ccc2c(c1)OCCO2)S(C)(=O)=O. The van der Waals surface area contributed by atoms with Crippen LogP contribution in [0.5, 0.6) is 11.5 Å². The van der Waals surface area contributed by atoms with Gasteiger partial charge in [0.05, 0.1) is 11.9 Å². The Morgan fingerprint density at radius 3 is 2.34 bits per heavy atom. The largest absolute Gasteiger partial charge is 0.486 e. The fourth-order valence-corrected chi connectivity index (χ4v) is 4.71. The fraction of sp³-hybridized carbons (Fsp3) is 0.440. The quantitative estimate of drug-likeness (QED) is 0.505. The molecule has 9 nitrogen and oxygen atoms in total. The van der Waals surface area contributed by atoms with Gasteiger partial charge < -0.3 is 19.7 Å². The predicted octanol–water partition coefficient (Wildman–Crippen LogP) is 2.56. The summed E-state index contributed by atoms with van der Waals surface area (Å²) in [6.45, 7) is 4.76. The number of hydrogen-bond donors (Lipinski definition) is 1. The van der Waals surface area contributed by atoms with Crippen LogP contribution >= 0.6 is 0 Å². The van der Waals surface area contributed by atoms with Crippen LogP contribution in [0, 0.1) is 0 Å². The molecule has 1 atom stereocenters. The van der Waals surface area contributed by atoms with Crippen molar-refractivity contribution in [2.45, 2.75) is 39.3 Å². The van der Waals surface area contributed by atoms with E-state index in [9.17, 15) is 18.0 Å². The number of fused-ring (bicyclic) bond motifs is 1. The van der Waals surface area contributed by atoms with Crippen LogP contribution in [0.2, 0.25) is 0 Å². The molecule has 2 aromatic rings. The van der Waals surface area contributed by atoms with Crippen molar-refractivity contribution in [2.24, 2.45) is 0 Å². The lowest BCUT2D eigenvalue weighted by atomic mass is 10.1. The summed E-state index contributed by atoms with van der Waals surface area (Å²) in [6, 6.07) is 13.3. The van der Waals surface area contributed by atoms with Gasteiger partial charge in [-0.15, -0.1) is 0 Å². The standard InChI is InChI=1S/C25H33N3O6S/c1-4-13-26-25(30)21(5-2)27(17-19-9-7-6-8-10-19)24(29)18-28(35(3,31)32)20-11-12-22-23(16-20)34-15-14-33-22/h6-12,16,21H,4-5,13-15,17-18H2,1-3H3,(H,26,30)/t21-/m0/s1. The first-order valence-electron chi connectivity index (χ1n) is 11.7. The molecule has 2 aromatic carbocycles. The van der Waals surface area contributed by atoms with Gasteiger partial charge in [-0.1, -0.05) is 44.2 Å². The lowest BCUT2D eigenvalue weighted by Gasteiger charge is -2.33. The van der Waals surface area contributed by atoms with E-state index in [1.54, 1.807) is 18.2 Å². The van der Waals surface area contributed by atoms with Gasteiger partial charge in [0.25, 0.3) is 0 Å². The van der Waals surface area contributed by atoms with Crippen LogP contribution in [0.3, 0.4) is 0 Å². The summed E-state index contributed by atoms with van der Waals surface area (Å²) in [5.41, 5.74) is 1.13. The highest BCUT2D eigenvalue weighted by atomic mass is 32.2. The molecule has 1 aliphatic heterocycles. The third-order valence-corrected chi connectivity index (χ3v) is 6.76. The summed E-state index contributed by atoms with van der Waals surface area (Å²) < 4.78 is 37.6. The monoisotopic (exact) mass is 503 g/mol. The van der Waals surface area contributed by atoms with Crippen LogP contribution in [0.15, 0.2) is 48.5 Å². The van der Waals surface area contributed by atoms with Crippen LogP contribution in [-0.2, 0) is 26.2 Å². The molecule has 1 heterocycles. The second kappa shape index (κ2) is 11.9. The highest BCUT2D eigenvalue weighted by Crippen LogP contribution is 2.34. The Morgan fingerprint density at radius 2 is 1.71 bits per heavy atom. The Bertz CT molecular complexity index is 1120. The molecule has 0 radical (unpaired) electrons. The Balaban J connectivity index is 1.92. The molecular formula is C25H33N3O6S. The number of rotatable bonds is 11. The van der Waals surface area contributed by atoms with Crippen LogP contribution < -0.4 is 19.1 Å². The molecule has 0 bridgehead atoms. The molecule has 2 amide bonds. The summed E-state index contributed by atoms with van der Waals surface area (Å²) in [5, 5.41) is 2.86. The van der Waals surface area contributed by atoms with E-state index >= 15 is 0 Å². The van der Waals surface area contributed by atoms with Gasteiger partial charge in [0.15, 0.2) is 11.5 Å². The van der Waals surface area contributed by atoms with E-state index in [-0.39, 0.29) is 18.1 Å². The van der Waals surface area contributed by atoms with E-state index < -0.39 is 28.5 Å². The number of benzene rings is 2. The summed E-state index contributed by atoms with van der Waals surface area (Å²) in [4.78, 5) is 28.0. The highest BCUT2D eigenvalue weighted by molar-refractivity contribution is 7.92. The van der Waals surface area contributed by atoms with E-state index in [1.165, 1.54) is 4.90 Å². The molecule has 0 saturated carbocycles. The smallest absolute Gasteiger partial charge is 0.244 e. The summed E-state index contributed by atoms with van der Waals surface area (Å²) >= 11 is 0. The molecule has 35 heavy (non-hydrogen) atoms. The van der Waals surface area contributed by atoms with E-state index in [4.69, 9.17) is 9.47 Å². The van der Waals surface area contributed by atoms with Gasteiger partial charge in [0, 0.05) is 19.2 Å². The van der Waals surface area contributed by atoms with Gasteiger partial charge in [-0.05, 0) is 30.5 Å². The highest BCUT2D eigenvalue weighted by Gasteiger charge is 2.32. The summed E-state index contributed by atoms with van der Waals surface area (Å²) in [7, 11) is -3.82. The Morgan fingerprint density at radius 1 is 1.03 bits per heavy atom. The van der Waals surface area contributed by atoms with Crippen molar-refractivity contribution in [2.75, 3.05) is 36.9 Å². The maximum atomic E-state index is 13.6. The molecule has 0 spiro atoms. The lowest BCUT2D eigenvalue weighted by molar-refractivity contribution is -0.140. The second-order valence-corrected chi connectivity index (χ2v) is 10.2. The number of anilines is 1. The van der Waals surface area contributed by atoms with Crippen molar-refractivity contribution in [3.05, 3.63) is 54.1 Å². The Hall–Kier alpha value is -3.27. The van der Waals surface area contributed by atoms with E-state index in [0.717, 1.165) is 22.5 Å². The van der Waals surface area contributed by atoms with Crippen molar-refractivity contribution in [1.29, 1.82) is 0 Å². The third-order valence-electron chi connectivity index (χ3n) is 5.62. The van der Waals surface area contributed by atoms with E-state index in [1.807, 2.05) is 44.2 Å². The minimum absolute atomic E-state index is 0.177. The first-order valence-corrected chi connectivity index (χ1v) is 13.6. The van der Waals surface area contributed by atoms with Gasteiger partial charge in [-0.2, -0.15) is 0 Å². The maximum absolute atomic E-state index is 13.6. The van der Waals surface area contributed by atoms with Crippen LogP contribution in [0.25, 0.3) is 0 Å². The number of ether oxygens (including phenoxy) is 2. The zero-order chi connectivity index (χ0) is 25.4. The minimum atomic E-state index is -3.82. The van der Waals surface area contributed by atoms with Crippen LogP contribution in [-0.4, -0.2) is 63.7 Å². The normalized spacial score (nSPS) is 13.6. The molecule has 0 aromatic heterocycles. The van der Waals surface area contributed by atoms with E-state index in [2.05, 4.69) is 5.32 Å². The molecule has 3 rings (SSSR count). The molecule has 0 unspecified atom stereocenters. The molecule has 0 saturated heterocycles. The molecule has 1 aliphatic rings. The number of nitrogens with zero attached hydrogens (tertiary/aromatic N) is 2. The van der Waals surface area contributed by atoms with Gasteiger partial charge in [-0.25, -0.2) is 8.42 Å². The van der Waals surface area contributed by atoms with Gasteiger partial charge in [0.2, 0.25) is 21.8 Å². The van der Waals surface area contributed by atoms with Crippen molar-refractivity contribution < 1.29 is 27.5 Å². The van der Waals surface area contributed by atoms with Crippen molar-refractivity contribution >= 4 is 27.5 Å². The molecule has 10 heteroatoms. The number of hydrogen-bond acceptors (Lipinski definition) is 6. The van der Waals surface area contributed by atoms with Crippen molar-refractivity contribution in [3.8, 4) is 11.5 Å². The average Bonchev–Trinajstić information content (AvgIpc) is 2.85. The number of sulfonamides is 1. The number of nitrogens with one attached hydrogen (secondary N) is 1. The zero-order valence-electron chi connectivity index (χ0n) is 20.4. The van der Waals surface area contributed by atoms with E-state index in [0.29, 0.717) is 37.7 Å². The number of carbonyl (C=O) groups excluding carboxylic acids is 2. The first kappa shape index (κ1) is 26.3. The van der Waals surface area contributed by atoms with Crippen molar-refractivity contribution in [1.82, 2.24) is 10.2 Å². The Labute approximate surface area is 207 Å². The van der Waals surface area contributed by atoms with Crippen molar-refractivity contribution in [3.63, 3.8) is 0 Å². The van der Waals surface area contributed by atoms with Crippen LogP contribution in [0.4, 0.5) is 5.69 Å². The maximum Gasteiger partial charge on any atom is 0.244 e. The first-order chi connectivity index (χ1) is 16.7. The van der Waals surface area contributed by atoms with Gasteiger partial charge in [0.1, 0.15) is 25.8 Å². The molecule has 190 valence electrons. The fourth-order valence-electron chi connectivity index (χ4n) is 3.87. The summed E-state index contributed by atoms with van der Waals surface area (Å²) in [5.74, 6) is 0.196. The lowest BCUT2D eigenvalue weighted by Crippen LogP contribution is -2.52. The Kier molecular flexibility index (Phi) is 8.97. The minimum Gasteiger partial charge on any atom is -0.486 e. The molecule has 0 fully saturated rings. The number of amides is 2. The zero-order valence-corrected chi connectivity index (χ0v) is 21.2. The molecule has 1 N–H and O–H groups in total. The predicted molar refractivity (Wildman–Crippen MR) is 134 cm³/mol. The van der Waals surface area contributed by atoms with Crippen LogP contribution in [0.1, 0.15) is 32.3 Å². The topological polar surface area (TPSA) is 105 Å².